The lowest BCUT2D eigenvalue weighted by Gasteiger charge is -2.32. The van der Waals surface area contributed by atoms with E-state index in [1.54, 1.807) is 12.1 Å². The minimum absolute atomic E-state index is 0.0347. The Morgan fingerprint density at radius 2 is 2.00 bits per heavy atom. The number of piperidine rings is 1. The molecule has 4 N–H and O–H groups in total. The largest absolute Gasteiger partial charge is 0.366 e. The van der Waals surface area contributed by atoms with Crippen LogP contribution in [-0.2, 0) is 10.2 Å². The van der Waals surface area contributed by atoms with Crippen LogP contribution in [0.15, 0.2) is 12.1 Å². The number of rotatable bonds is 1. The molecule has 0 aliphatic carbocycles. The summed E-state index contributed by atoms with van der Waals surface area (Å²) in [5, 5.41) is 6.51. The first kappa shape index (κ1) is 12.4. The molecule has 0 bridgehead atoms. The molecule has 6 heteroatoms. The van der Waals surface area contributed by atoms with Crippen LogP contribution in [0.5, 0.6) is 0 Å². The molecule has 100 valence electrons. The molecule has 2 aliphatic rings. The van der Waals surface area contributed by atoms with Gasteiger partial charge in [0.1, 0.15) is 0 Å². The highest BCUT2D eigenvalue weighted by molar-refractivity contribution is 6.33. The minimum Gasteiger partial charge on any atom is -0.366 e. The fourth-order valence-electron chi connectivity index (χ4n) is 3.02. The van der Waals surface area contributed by atoms with Gasteiger partial charge in [-0.25, -0.2) is 0 Å². The van der Waals surface area contributed by atoms with Gasteiger partial charge in [-0.1, -0.05) is 11.6 Å². The van der Waals surface area contributed by atoms with Crippen LogP contribution in [0.2, 0.25) is 5.02 Å². The van der Waals surface area contributed by atoms with Gasteiger partial charge >= 0.3 is 0 Å². The molecule has 1 saturated heterocycles. The van der Waals surface area contributed by atoms with E-state index in [2.05, 4.69) is 10.6 Å². The highest BCUT2D eigenvalue weighted by Gasteiger charge is 2.48. The van der Waals surface area contributed by atoms with E-state index in [1.165, 1.54) is 0 Å². The summed E-state index contributed by atoms with van der Waals surface area (Å²) in [5.74, 6) is -0.585. The molecule has 2 aliphatic heterocycles. The summed E-state index contributed by atoms with van der Waals surface area (Å²) in [7, 11) is 0. The molecule has 1 spiro atoms. The topological polar surface area (TPSA) is 84.2 Å². The monoisotopic (exact) mass is 279 g/mol. The van der Waals surface area contributed by atoms with E-state index in [1.807, 2.05) is 0 Å². The van der Waals surface area contributed by atoms with Crippen molar-refractivity contribution in [3.8, 4) is 0 Å². The molecule has 0 radical (unpaired) electrons. The normalized spacial score (nSPS) is 20.2. The Morgan fingerprint density at radius 1 is 1.32 bits per heavy atom. The zero-order valence-electron chi connectivity index (χ0n) is 10.3. The average Bonchev–Trinajstić information content (AvgIpc) is 2.63. The molecule has 0 atom stereocenters. The van der Waals surface area contributed by atoms with E-state index >= 15 is 0 Å². The van der Waals surface area contributed by atoms with Crippen LogP contribution in [0.4, 0.5) is 5.69 Å². The van der Waals surface area contributed by atoms with Crippen LogP contribution in [0.3, 0.4) is 0 Å². The second-order valence-electron chi connectivity index (χ2n) is 5.03. The lowest BCUT2D eigenvalue weighted by Crippen LogP contribution is -2.44. The SMILES string of the molecule is NC(=O)c1cc(Cl)c2c(c1)NC(=O)C21CCNCC1. The number of hydrogen-bond donors (Lipinski definition) is 3. The maximum absolute atomic E-state index is 12.3. The van der Waals surface area contributed by atoms with Gasteiger partial charge in [0.15, 0.2) is 0 Å². The third kappa shape index (κ3) is 1.73. The predicted octanol–water partition coefficient (Wildman–Crippen LogP) is 1.01. The van der Waals surface area contributed by atoms with Crippen LogP contribution < -0.4 is 16.4 Å². The Morgan fingerprint density at radius 3 is 2.63 bits per heavy atom. The van der Waals surface area contributed by atoms with Crippen molar-refractivity contribution < 1.29 is 9.59 Å². The van der Waals surface area contributed by atoms with Gasteiger partial charge in [0, 0.05) is 21.8 Å². The Balaban J connectivity index is 2.16. The molecule has 0 saturated carbocycles. The Hall–Kier alpha value is -1.59. The summed E-state index contributed by atoms with van der Waals surface area (Å²) in [6.45, 7) is 1.56. The van der Waals surface area contributed by atoms with E-state index in [4.69, 9.17) is 17.3 Å². The maximum atomic E-state index is 12.3. The standard InChI is InChI=1S/C13H14ClN3O2/c14-8-5-7(11(15)18)6-9-10(8)13(12(19)17-9)1-3-16-4-2-13/h5-6,16H,1-4H2,(H2,15,18)(H,17,19). The zero-order chi connectivity index (χ0) is 13.6. The van der Waals surface area contributed by atoms with Crippen molar-refractivity contribution in [1.29, 1.82) is 0 Å². The van der Waals surface area contributed by atoms with Gasteiger partial charge in [0.05, 0.1) is 5.41 Å². The maximum Gasteiger partial charge on any atom is 0.248 e. The number of amides is 2. The summed E-state index contributed by atoms with van der Waals surface area (Å²) in [4.78, 5) is 23.6. The van der Waals surface area contributed by atoms with Crippen molar-refractivity contribution in [2.24, 2.45) is 5.73 Å². The second-order valence-corrected chi connectivity index (χ2v) is 5.44. The quantitative estimate of drug-likeness (QED) is 0.717. The van der Waals surface area contributed by atoms with Crippen LogP contribution in [0, 0.1) is 0 Å². The number of halogens is 1. The van der Waals surface area contributed by atoms with Gasteiger partial charge in [-0.3, -0.25) is 9.59 Å². The molecule has 3 rings (SSSR count). The number of nitrogens with one attached hydrogen (secondary N) is 2. The summed E-state index contributed by atoms with van der Waals surface area (Å²) in [5.41, 5.74) is 6.44. The molecule has 5 nitrogen and oxygen atoms in total. The van der Waals surface area contributed by atoms with Crippen LogP contribution in [0.1, 0.15) is 28.8 Å². The van der Waals surface area contributed by atoms with E-state index < -0.39 is 11.3 Å². The molecule has 1 aromatic carbocycles. The summed E-state index contributed by atoms with van der Waals surface area (Å²) >= 11 is 6.29. The van der Waals surface area contributed by atoms with Gasteiger partial charge in [-0.2, -0.15) is 0 Å². The van der Waals surface area contributed by atoms with Crippen molar-refractivity contribution in [3.05, 3.63) is 28.3 Å². The van der Waals surface area contributed by atoms with Crippen molar-refractivity contribution >= 4 is 29.1 Å². The van der Waals surface area contributed by atoms with Crippen LogP contribution in [-0.4, -0.2) is 24.9 Å². The number of primary amides is 1. The average molecular weight is 280 g/mol. The third-order valence-corrected chi connectivity index (χ3v) is 4.29. The number of carbonyl (C=O) groups excluding carboxylic acids is 2. The highest BCUT2D eigenvalue weighted by atomic mass is 35.5. The number of carbonyl (C=O) groups is 2. The molecule has 0 unspecified atom stereocenters. The van der Waals surface area contributed by atoms with Gasteiger partial charge < -0.3 is 16.4 Å². The number of anilines is 1. The summed E-state index contributed by atoms with van der Waals surface area (Å²) in [6, 6.07) is 3.16. The van der Waals surface area contributed by atoms with E-state index in [0.29, 0.717) is 29.1 Å². The second kappa shape index (κ2) is 4.21. The van der Waals surface area contributed by atoms with Crippen LogP contribution in [0.25, 0.3) is 0 Å². The molecule has 2 heterocycles. The number of hydrogen-bond acceptors (Lipinski definition) is 3. The smallest absolute Gasteiger partial charge is 0.248 e. The Bertz CT molecular complexity index is 579. The van der Waals surface area contributed by atoms with Crippen molar-refractivity contribution in [2.45, 2.75) is 18.3 Å². The van der Waals surface area contributed by atoms with Crippen molar-refractivity contribution in [1.82, 2.24) is 5.32 Å². The third-order valence-electron chi connectivity index (χ3n) is 3.99. The minimum atomic E-state index is -0.562. The molecule has 1 fully saturated rings. The van der Waals surface area contributed by atoms with E-state index in [-0.39, 0.29) is 5.91 Å². The van der Waals surface area contributed by atoms with Gasteiger partial charge in [0.2, 0.25) is 11.8 Å². The zero-order valence-corrected chi connectivity index (χ0v) is 11.0. The molecule has 0 aromatic heterocycles. The lowest BCUT2D eigenvalue weighted by atomic mass is 9.74. The fraction of sp³-hybridized carbons (Fsp3) is 0.385. The number of benzene rings is 1. The molecule has 2 amide bonds. The van der Waals surface area contributed by atoms with Crippen molar-refractivity contribution in [2.75, 3.05) is 18.4 Å². The fourth-order valence-corrected chi connectivity index (χ4v) is 3.42. The van der Waals surface area contributed by atoms with E-state index in [9.17, 15) is 9.59 Å². The molecule has 1 aromatic rings. The molecular weight excluding hydrogens is 266 g/mol. The first-order valence-electron chi connectivity index (χ1n) is 6.20. The highest BCUT2D eigenvalue weighted by Crippen LogP contribution is 2.47. The first-order chi connectivity index (χ1) is 9.04. The Labute approximate surface area is 115 Å². The van der Waals surface area contributed by atoms with Crippen molar-refractivity contribution in [3.63, 3.8) is 0 Å². The summed E-state index contributed by atoms with van der Waals surface area (Å²) in [6.07, 6.45) is 1.42. The molecular formula is C13H14ClN3O2. The van der Waals surface area contributed by atoms with E-state index in [0.717, 1.165) is 18.7 Å². The van der Waals surface area contributed by atoms with Crippen LogP contribution >= 0.6 is 11.6 Å². The first-order valence-corrected chi connectivity index (χ1v) is 6.58. The van der Waals surface area contributed by atoms with Gasteiger partial charge in [-0.05, 0) is 38.1 Å². The summed E-state index contributed by atoms with van der Waals surface area (Å²) < 4.78 is 0. The molecule has 19 heavy (non-hydrogen) atoms. The number of nitrogens with two attached hydrogens (primary N) is 1. The van der Waals surface area contributed by atoms with Gasteiger partial charge in [0.25, 0.3) is 0 Å². The lowest BCUT2D eigenvalue weighted by molar-refractivity contribution is -0.121. The van der Waals surface area contributed by atoms with Gasteiger partial charge in [-0.15, -0.1) is 0 Å². The predicted molar refractivity (Wildman–Crippen MR) is 72.4 cm³/mol. The Kier molecular flexibility index (Phi) is 2.76. The number of fused-ring (bicyclic) bond motifs is 2.